The van der Waals surface area contributed by atoms with Crippen LogP contribution in [0, 0.1) is 0 Å². The lowest BCUT2D eigenvalue weighted by atomic mass is 10.2. The van der Waals surface area contributed by atoms with E-state index in [9.17, 15) is 4.79 Å². The van der Waals surface area contributed by atoms with E-state index in [1.807, 2.05) is 25.1 Å². The lowest BCUT2D eigenvalue weighted by Gasteiger charge is -2.34. The number of aromatic nitrogens is 2. The number of nitrogens with zero attached hydrogens (tertiary/aromatic N) is 4. The summed E-state index contributed by atoms with van der Waals surface area (Å²) in [6.07, 6.45) is 5.16. The van der Waals surface area contributed by atoms with Crippen LogP contribution >= 0.6 is 11.3 Å². The lowest BCUT2D eigenvalue weighted by molar-refractivity contribution is 0.262. The molecule has 4 N–H and O–H groups in total. The number of anilines is 3. The summed E-state index contributed by atoms with van der Waals surface area (Å²) in [6, 6.07) is 5.28. The van der Waals surface area contributed by atoms with Crippen molar-refractivity contribution in [1.82, 2.24) is 14.9 Å². The third-order valence-electron chi connectivity index (χ3n) is 4.70. The van der Waals surface area contributed by atoms with Crippen LogP contribution in [0.25, 0.3) is 5.57 Å². The summed E-state index contributed by atoms with van der Waals surface area (Å²) >= 11 is 1.44. The van der Waals surface area contributed by atoms with E-state index in [-0.39, 0.29) is 6.03 Å². The van der Waals surface area contributed by atoms with Crippen LogP contribution in [0.3, 0.4) is 0 Å². The maximum atomic E-state index is 12.4. The highest BCUT2D eigenvalue weighted by Crippen LogP contribution is 2.23. The van der Waals surface area contributed by atoms with Crippen LogP contribution in [0.2, 0.25) is 0 Å². The van der Waals surface area contributed by atoms with Crippen molar-refractivity contribution < 1.29 is 4.79 Å². The first-order valence-corrected chi connectivity index (χ1v) is 10.5. The molecule has 154 valence electrons. The molecule has 29 heavy (non-hydrogen) atoms. The molecule has 0 bridgehead atoms. The SMILES string of the molecule is C/C=C(\C=C/N)c1nc(NC(=O)Nc2cccc(N3CCN(CC)CC3)n2)cs1. The number of thiazole rings is 1. The second kappa shape index (κ2) is 10.0. The van der Waals surface area contributed by atoms with E-state index in [0.29, 0.717) is 11.6 Å². The Hall–Kier alpha value is -2.91. The second-order valence-corrected chi connectivity index (χ2v) is 7.38. The third kappa shape index (κ3) is 5.55. The molecule has 1 fully saturated rings. The molecule has 0 radical (unpaired) electrons. The predicted molar refractivity (Wildman–Crippen MR) is 120 cm³/mol. The third-order valence-corrected chi connectivity index (χ3v) is 5.59. The Labute approximate surface area is 175 Å². The molecule has 0 aliphatic carbocycles. The minimum Gasteiger partial charge on any atom is -0.405 e. The summed E-state index contributed by atoms with van der Waals surface area (Å²) in [5.74, 6) is 1.87. The van der Waals surface area contributed by atoms with Crippen LogP contribution in [0.5, 0.6) is 0 Å². The summed E-state index contributed by atoms with van der Waals surface area (Å²) < 4.78 is 0. The molecular formula is C20H27N7OS. The van der Waals surface area contributed by atoms with Crippen LogP contribution in [-0.4, -0.2) is 53.6 Å². The fourth-order valence-corrected chi connectivity index (χ4v) is 3.89. The van der Waals surface area contributed by atoms with E-state index in [1.54, 1.807) is 17.5 Å². The Morgan fingerprint density at radius 1 is 1.21 bits per heavy atom. The van der Waals surface area contributed by atoms with Crippen LogP contribution in [0.1, 0.15) is 18.9 Å². The first kappa shape index (κ1) is 20.8. The van der Waals surface area contributed by atoms with Crippen LogP contribution in [0.4, 0.5) is 22.2 Å². The van der Waals surface area contributed by atoms with Crippen LogP contribution in [-0.2, 0) is 0 Å². The zero-order valence-corrected chi connectivity index (χ0v) is 17.6. The number of likely N-dealkylation sites (N-methyl/N-ethyl adjacent to an activating group) is 1. The Morgan fingerprint density at radius 3 is 2.66 bits per heavy atom. The minimum absolute atomic E-state index is 0.376. The highest BCUT2D eigenvalue weighted by Gasteiger charge is 2.17. The van der Waals surface area contributed by atoms with Crippen molar-refractivity contribution in [3.63, 3.8) is 0 Å². The van der Waals surface area contributed by atoms with E-state index in [1.165, 1.54) is 17.5 Å². The van der Waals surface area contributed by atoms with Crippen molar-refractivity contribution in [2.75, 3.05) is 48.3 Å². The molecular weight excluding hydrogens is 386 g/mol. The molecule has 1 aliphatic rings. The maximum Gasteiger partial charge on any atom is 0.326 e. The largest absolute Gasteiger partial charge is 0.405 e. The van der Waals surface area contributed by atoms with Gasteiger partial charge in [0.1, 0.15) is 22.5 Å². The van der Waals surface area contributed by atoms with E-state index < -0.39 is 0 Å². The first-order valence-electron chi connectivity index (χ1n) is 9.65. The predicted octanol–water partition coefficient (Wildman–Crippen LogP) is 3.20. The molecule has 2 amide bonds. The van der Waals surface area contributed by atoms with Gasteiger partial charge in [0.25, 0.3) is 0 Å². The van der Waals surface area contributed by atoms with Crippen molar-refractivity contribution in [2.45, 2.75) is 13.8 Å². The number of amides is 2. The standard InChI is InChI=1S/C20H27N7OS/c1-3-15(8-9-21)19-23-17(14-29-19)25-20(28)24-16-6-5-7-18(22-16)27-12-10-26(4-2)11-13-27/h3,5-9,14H,4,10-13,21H2,1-2H3,(H2,22,24,25,28)/b9-8-,15-3+. The molecule has 0 unspecified atom stereocenters. The van der Waals surface area contributed by atoms with Gasteiger partial charge in [-0.05, 0) is 37.9 Å². The van der Waals surface area contributed by atoms with Gasteiger partial charge in [-0.25, -0.2) is 14.8 Å². The molecule has 1 aliphatic heterocycles. The lowest BCUT2D eigenvalue weighted by Crippen LogP contribution is -2.46. The molecule has 3 heterocycles. The maximum absolute atomic E-state index is 12.4. The number of hydrogen-bond acceptors (Lipinski definition) is 7. The van der Waals surface area contributed by atoms with Crippen molar-refractivity contribution >= 4 is 40.4 Å². The van der Waals surface area contributed by atoms with Crippen molar-refractivity contribution in [3.05, 3.63) is 46.9 Å². The summed E-state index contributed by atoms with van der Waals surface area (Å²) in [6.45, 7) is 9.07. The van der Waals surface area contributed by atoms with Gasteiger partial charge in [-0.2, -0.15) is 0 Å². The van der Waals surface area contributed by atoms with Gasteiger partial charge in [0, 0.05) is 37.1 Å². The van der Waals surface area contributed by atoms with Crippen molar-refractivity contribution in [3.8, 4) is 0 Å². The molecule has 0 atom stereocenters. The quantitative estimate of drug-likeness (QED) is 0.629. The molecule has 2 aromatic heterocycles. The molecule has 2 aromatic rings. The zero-order chi connectivity index (χ0) is 20.6. The number of pyridine rings is 1. The summed E-state index contributed by atoms with van der Waals surface area (Å²) in [5.41, 5.74) is 6.36. The van der Waals surface area contributed by atoms with Gasteiger partial charge >= 0.3 is 6.03 Å². The van der Waals surface area contributed by atoms with Gasteiger partial charge in [-0.1, -0.05) is 19.1 Å². The van der Waals surface area contributed by atoms with Crippen molar-refractivity contribution in [1.29, 1.82) is 0 Å². The van der Waals surface area contributed by atoms with Gasteiger partial charge in [-0.15, -0.1) is 11.3 Å². The fourth-order valence-electron chi connectivity index (χ4n) is 3.08. The number of nitrogens with one attached hydrogen (secondary N) is 2. The fraction of sp³-hybridized carbons (Fsp3) is 0.350. The van der Waals surface area contributed by atoms with Gasteiger partial charge in [0.2, 0.25) is 0 Å². The molecule has 8 nitrogen and oxygen atoms in total. The van der Waals surface area contributed by atoms with E-state index in [4.69, 9.17) is 5.73 Å². The highest BCUT2D eigenvalue weighted by atomic mass is 32.1. The number of carbonyl (C=O) groups excluding carboxylic acids is 1. The van der Waals surface area contributed by atoms with E-state index in [0.717, 1.165) is 49.1 Å². The number of rotatable bonds is 6. The average molecular weight is 414 g/mol. The molecule has 9 heteroatoms. The molecule has 0 aromatic carbocycles. The van der Waals surface area contributed by atoms with Gasteiger partial charge in [0.15, 0.2) is 0 Å². The topological polar surface area (TPSA) is 99.4 Å². The Morgan fingerprint density at radius 2 is 1.97 bits per heavy atom. The van der Waals surface area contributed by atoms with Gasteiger partial charge in [0.05, 0.1) is 0 Å². The summed E-state index contributed by atoms with van der Waals surface area (Å²) in [5, 5.41) is 8.12. The normalized spacial score (nSPS) is 15.7. The van der Waals surface area contributed by atoms with Crippen LogP contribution < -0.4 is 21.3 Å². The monoisotopic (exact) mass is 413 g/mol. The number of carbonyl (C=O) groups is 1. The Kier molecular flexibility index (Phi) is 7.20. The number of nitrogens with two attached hydrogens (primary N) is 1. The Bertz CT molecular complexity index is 884. The van der Waals surface area contributed by atoms with E-state index >= 15 is 0 Å². The van der Waals surface area contributed by atoms with Gasteiger partial charge < -0.3 is 15.5 Å². The number of piperazine rings is 1. The Balaban J connectivity index is 1.59. The average Bonchev–Trinajstić information content (AvgIpc) is 3.20. The van der Waals surface area contributed by atoms with E-state index in [2.05, 4.69) is 37.3 Å². The smallest absolute Gasteiger partial charge is 0.326 e. The van der Waals surface area contributed by atoms with Crippen molar-refractivity contribution in [2.24, 2.45) is 5.73 Å². The molecule has 3 rings (SSSR count). The van der Waals surface area contributed by atoms with Gasteiger partial charge in [-0.3, -0.25) is 10.6 Å². The zero-order valence-electron chi connectivity index (χ0n) is 16.8. The number of urea groups is 1. The van der Waals surface area contributed by atoms with Crippen LogP contribution in [0.15, 0.2) is 41.9 Å². The highest BCUT2D eigenvalue weighted by molar-refractivity contribution is 7.11. The number of allylic oxidation sites excluding steroid dienone is 3. The first-order chi connectivity index (χ1) is 14.1. The number of hydrogen-bond donors (Lipinski definition) is 3. The minimum atomic E-state index is -0.376. The summed E-state index contributed by atoms with van der Waals surface area (Å²) in [7, 11) is 0. The molecule has 1 saturated heterocycles. The molecule has 0 spiro atoms. The summed E-state index contributed by atoms with van der Waals surface area (Å²) in [4.78, 5) is 26.0. The molecule has 0 saturated carbocycles. The second-order valence-electron chi connectivity index (χ2n) is 6.52.